The molecule has 2 aliphatic heterocycles. The van der Waals surface area contributed by atoms with Crippen molar-refractivity contribution in [1.29, 1.82) is 0 Å². The monoisotopic (exact) mass is 366 g/mol. The molecule has 2 bridgehead atoms. The number of carbonyl (C=O) groups excluding carboxylic acids is 2. The van der Waals surface area contributed by atoms with Crippen molar-refractivity contribution in [3.8, 4) is 0 Å². The Morgan fingerprint density at radius 3 is 2.15 bits per heavy atom. The molecule has 1 aromatic carbocycles. The van der Waals surface area contributed by atoms with Crippen molar-refractivity contribution in [2.75, 3.05) is 22.9 Å². The van der Waals surface area contributed by atoms with E-state index in [-0.39, 0.29) is 41.0 Å². The third-order valence-electron chi connectivity index (χ3n) is 6.63. The van der Waals surface area contributed by atoms with Crippen LogP contribution in [0.25, 0.3) is 0 Å². The Morgan fingerprint density at radius 2 is 1.56 bits per heavy atom. The Morgan fingerprint density at radius 1 is 0.926 bits per heavy atom. The van der Waals surface area contributed by atoms with Crippen molar-refractivity contribution >= 4 is 29.2 Å². The summed E-state index contributed by atoms with van der Waals surface area (Å²) in [5.74, 6) is -1.66. The summed E-state index contributed by atoms with van der Waals surface area (Å²) >= 11 is 0. The van der Waals surface area contributed by atoms with Crippen LogP contribution in [0.1, 0.15) is 36.0 Å². The van der Waals surface area contributed by atoms with Crippen LogP contribution in [0.5, 0.6) is 0 Å². The number of allylic oxidation sites excluding steroid dienone is 2. The topological polar surface area (TPSA) is 77.9 Å². The van der Waals surface area contributed by atoms with E-state index in [9.17, 15) is 19.5 Å². The van der Waals surface area contributed by atoms with Gasteiger partial charge in [-0.25, -0.2) is 9.69 Å². The second-order valence-corrected chi connectivity index (χ2v) is 8.07. The number of aromatic carboxylic acids is 1. The molecule has 2 heterocycles. The largest absolute Gasteiger partial charge is 0.478 e. The molecule has 4 atom stereocenters. The van der Waals surface area contributed by atoms with Gasteiger partial charge in [0.05, 0.1) is 28.8 Å². The fourth-order valence-electron chi connectivity index (χ4n) is 5.38. The van der Waals surface area contributed by atoms with E-state index in [2.05, 4.69) is 17.1 Å². The molecular weight excluding hydrogens is 344 g/mol. The molecular formula is C21H22N2O4. The van der Waals surface area contributed by atoms with Crippen LogP contribution in [0.4, 0.5) is 11.4 Å². The maximum Gasteiger partial charge on any atom is 0.335 e. The highest BCUT2D eigenvalue weighted by Crippen LogP contribution is 2.54. The highest BCUT2D eigenvalue weighted by Gasteiger charge is 2.60. The molecule has 1 N–H and O–H groups in total. The van der Waals surface area contributed by atoms with E-state index in [0.29, 0.717) is 5.69 Å². The van der Waals surface area contributed by atoms with Crippen LogP contribution >= 0.6 is 0 Å². The lowest BCUT2D eigenvalue weighted by Crippen LogP contribution is -2.36. The highest BCUT2D eigenvalue weighted by atomic mass is 16.4. The first-order valence-electron chi connectivity index (χ1n) is 9.74. The van der Waals surface area contributed by atoms with E-state index in [0.717, 1.165) is 38.0 Å². The van der Waals surface area contributed by atoms with Gasteiger partial charge >= 0.3 is 5.97 Å². The van der Waals surface area contributed by atoms with Gasteiger partial charge in [0.25, 0.3) is 0 Å². The van der Waals surface area contributed by atoms with Gasteiger partial charge in [-0.2, -0.15) is 0 Å². The molecule has 3 fully saturated rings. The first-order valence-corrected chi connectivity index (χ1v) is 9.74. The zero-order valence-electron chi connectivity index (χ0n) is 15.0. The Kier molecular flexibility index (Phi) is 3.64. The fourth-order valence-corrected chi connectivity index (χ4v) is 5.38. The lowest BCUT2D eigenvalue weighted by atomic mass is 9.85. The lowest BCUT2D eigenvalue weighted by Gasteiger charge is -2.32. The summed E-state index contributed by atoms with van der Waals surface area (Å²) in [6.07, 6.45) is 8.30. The van der Waals surface area contributed by atoms with E-state index in [4.69, 9.17) is 0 Å². The van der Waals surface area contributed by atoms with Gasteiger partial charge in [0.15, 0.2) is 0 Å². The second-order valence-electron chi connectivity index (χ2n) is 8.07. The second kappa shape index (κ2) is 5.94. The summed E-state index contributed by atoms with van der Waals surface area (Å²) in [6, 6.07) is 4.82. The highest BCUT2D eigenvalue weighted by molar-refractivity contribution is 6.24. The van der Waals surface area contributed by atoms with Gasteiger partial charge in [0.2, 0.25) is 11.8 Å². The number of benzene rings is 1. The SMILES string of the molecule is O=C(O)c1ccc(N2CCCCC2)c(N2C(=O)[C@@H]3[C@@H](C2=O)[C@@H]2C=C[C@@H]3C2)c1. The van der Waals surface area contributed by atoms with Gasteiger partial charge in [0, 0.05) is 13.1 Å². The summed E-state index contributed by atoms with van der Waals surface area (Å²) in [7, 11) is 0. The molecule has 2 aliphatic carbocycles. The average molecular weight is 366 g/mol. The molecule has 5 rings (SSSR count). The quantitative estimate of drug-likeness (QED) is 0.657. The van der Waals surface area contributed by atoms with Gasteiger partial charge in [-0.3, -0.25) is 9.59 Å². The summed E-state index contributed by atoms with van der Waals surface area (Å²) in [5, 5.41) is 9.43. The lowest BCUT2D eigenvalue weighted by molar-refractivity contribution is -0.123. The number of carboxylic acid groups (broad SMARTS) is 1. The summed E-state index contributed by atoms with van der Waals surface area (Å²) < 4.78 is 0. The molecule has 6 nitrogen and oxygen atoms in total. The molecule has 6 heteroatoms. The Labute approximate surface area is 157 Å². The maximum atomic E-state index is 13.2. The number of piperidine rings is 1. The van der Waals surface area contributed by atoms with E-state index < -0.39 is 5.97 Å². The third kappa shape index (κ3) is 2.35. The van der Waals surface area contributed by atoms with Crippen LogP contribution in [-0.4, -0.2) is 36.0 Å². The average Bonchev–Trinajstić information content (AvgIpc) is 3.36. The van der Waals surface area contributed by atoms with Crippen molar-refractivity contribution in [2.45, 2.75) is 25.7 Å². The summed E-state index contributed by atoms with van der Waals surface area (Å²) in [4.78, 5) is 41.4. The van der Waals surface area contributed by atoms with E-state index >= 15 is 0 Å². The Bertz CT molecular complexity index is 841. The van der Waals surface area contributed by atoms with Gasteiger partial charge in [0.1, 0.15) is 0 Å². The number of carboxylic acids is 1. The number of hydrogen-bond donors (Lipinski definition) is 1. The molecule has 4 aliphatic rings. The third-order valence-corrected chi connectivity index (χ3v) is 6.63. The molecule has 0 aromatic heterocycles. The number of nitrogens with zero attached hydrogens (tertiary/aromatic N) is 2. The number of fused-ring (bicyclic) bond motifs is 5. The first kappa shape index (κ1) is 16.5. The van der Waals surface area contributed by atoms with Crippen molar-refractivity contribution in [3.05, 3.63) is 35.9 Å². The van der Waals surface area contributed by atoms with Crippen LogP contribution in [0, 0.1) is 23.7 Å². The number of carbonyl (C=O) groups is 3. The van der Waals surface area contributed by atoms with Crippen molar-refractivity contribution in [2.24, 2.45) is 23.7 Å². The first-order chi connectivity index (χ1) is 13.1. The molecule has 0 unspecified atom stereocenters. The summed E-state index contributed by atoms with van der Waals surface area (Å²) in [6.45, 7) is 1.71. The Balaban J connectivity index is 1.59. The molecule has 2 amide bonds. The minimum Gasteiger partial charge on any atom is -0.478 e. The standard InChI is InChI=1S/C21H22N2O4/c24-19-17-12-4-5-13(10-12)18(17)20(25)23(19)16-11-14(21(26)27)6-7-15(16)22-8-2-1-3-9-22/h4-7,11-13,17-18H,1-3,8-10H2,(H,26,27)/t12-,13-,17+,18+/m1/s1. The van der Waals surface area contributed by atoms with Crippen LogP contribution in [-0.2, 0) is 9.59 Å². The minimum absolute atomic E-state index is 0.101. The molecule has 0 radical (unpaired) electrons. The zero-order valence-corrected chi connectivity index (χ0v) is 15.0. The molecule has 1 aromatic rings. The molecule has 0 spiro atoms. The van der Waals surface area contributed by atoms with Gasteiger partial charge in [-0.1, -0.05) is 12.2 Å². The number of hydrogen-bond acceptors (Lipinski definition) is 4. The number of rotatable bonds is 3. The van der Waals surface area contributed by atoms with Crippen LogP contribution in [0.2, 0.25) is 0 Å². The number of anilines is 2. The molecule has 140 valence electrons. The predicted octanol–water partition coefficient (Wildman–Crippen LogP) is 2.69. The van der Waals surface area contributed by atoms with Crippen LogP contribution in [0.15, 0.2) is 30.4 Å². The predicted molar refractivity (Wildman–Crippen MR) is 99.7 cm³/mol. The molecule has 2 saturated heterocycles. The van der Waals surface area contributed by atoms with Crippen molar-refractivity contribution in [1.82, 2.24) is 0 Å². The summed E-state index contributed by atoms with van der Waals surface area (Å²) in [5.41, 5.74) is 1.34. The van der Waals surface area contributed by atoms with Crippen molar-refractivity contribution < 1.29 is 19.5 Å². The van der Waals surface area contributed by atoms with Gasteiger partial charge in [-0.15, -0.1) is 0 Å². The van der Waals surface area contributed by atoms with E-state index in [1.54, 1.807) is 12.1 Å². The van der Waals surface area contributed by atoms with Gasteiger partial charge in [-0.05, 0) is 55.7 Å². The van der Waals surface area contributed by atoms with Gasteiger partial charge < -0.3 is 10.0 Å². The zero-order chi connectivity index (χ0) is 18.7. The number of amides is 2. The molecule has 1 saturated carbocycles. The van der Waals surface area contributed by atoms with E-state index in [1.165, 1.54) is 17.4 Å². The number of imide groups is 1. The molecule has 27 heavy (non-hydrogen) atoms. The van der Waals surface area contributed by atoms with Crippen LogP contribution in [0.3, 0.4) is 0 Å². The van der Waals surface area contributed by atoms with Crippen molar-refractivity contribution in [3.63, 3.8) is 0 Å². The smallest absolute Gasteiger partial charge is 0.335 e. The van der Waals surface area contributed by atoms with Crippen LogP contribution < -0.4 is 9.80 Å². The maximum absolute atomic E-state index is 13.2. The van der Waals surface area contributed by atoms with E-state index in [1.807, 2.05) is 0 Å². The fraction of sp³-hybridized carbons (Fsp3) is 0.476. The Hall–Kier alpha value is -2.63. The minimum atomic E-state index is -1.05. The normalized spacial score (nSPS) is 31.7.